The molecule has 3 aromatic rings. The fourth-order valence-electron chi connectivity index (χ4n) is 3.74. The topological polar surface area (TPSA) is 71.2 Å². The Labute approximate surface area is 152 Å². The molecule has 0 radical (unpaired) electrons. The van der Waals surface area contributed by atoms with Gasteiger partial charge < -0.3 is 14.6 Å². The zero-order valence-corrected chi connectivity index (χ0v) is 14.6. The summed E-state index contributed by atoms with van der Waals surface area (Å²) in [6.45, 7) is 1.32. The van der Waals surface area contributed by atoms with Crippen LogP contribution in [0.2, 0.25) is 0 Å². The van der Waals surface area contributed by atoms with Gasteiger partial charge in [-0.1, -0.05) is 6.07 Å². The van der Waals surface area contributed by atoms with Crippen LogP contribution in [0.25, 0.3) is 11.0 Å². The van der Waals surface area contributed by atoms with Gasteiger partial charge >= 0.3 is 0 Å². The first-order valence-corrected chi connectivity index (χ1v) is 9.04. The standard InChI is InChI=1S/C20H22N4O2/c25-11-10-23-14-22-17-12-15(6-7-19(17)23)20(26)24-9-2-1-5-18(24)16-4-3-8-21-13-16/h3-4,6-8,12-14,18,25H,1-2,5,9-11H2/t18-/m0/s1. The molecule has 1 amide bonds. The molecular formula is C20H22N4O2. The zero-order valence-electron chi connectivity index (χ0n) is 14.6. The van der Waals surface area contributed by atoms with Crippen molar-refractivity contribution in [2.45, 2.75) is 31.8 Å². The van der Waals surface area contributed by atoms with Gasteiger partial charge in [-0.15, -0.1) is 0 Å². The lowest BCUT2D eigenvalue weighted by atomic mass is 9.95. The molecule has 1 fully saturated rings. The lowest BCUT2D eigenvalue weighted by Crippen LogP contribution is -2.38. The van der Waals surface area contributed by atoms with Gasteiger partial charge in [-0.3, -0.25) is 9.78 Å². The summed E-state index contributed by atoms with van der Waals surface area (Å²) in [5, 5.41) is 9.13. The van der Waals surface area contributed by atoms with Crippen molar-refractivity contribution in [2.24, 2.45) is 0 Å². The van der Waals surface area contributed by atoms with Gasteiger partial charge in [0, 0.05) is 31.0 Å². The van der Waals surface area contributed by atoms with Crippen molar-refractivity contribution in [1.29, 1.82) is 0 Å². The van der Waals surface area contributed by atoms with Crippen molar-refractivity contribution < 1.29 is 9.90 Å². The number of carbonyl (C=O) groups is 1. The number of aromatic nitrogens is 3. The molecule has 0 aliphatic carbocycles. The van der Waals surface area contributed by atoms with Crippen molar-refractivity contribution in [3.63, 3.8) is 0 Å². The monoisotopic (exact) mass is 350 g/mol. The fourth-order valence-corrected chi connectivity index (χ4v) is 3.74. The lowest BCUT2D eigenvalue weighted by Gasteiger charge is -2.36. The van der Waals surface area contributed by atoms with Gasteiger partial charge in [0.05, 0.1) is 30.0 Å². The molecule has 1 aliphatic heterocycles. The number of hydrogen-bond acceptors (Lipinski definition) is 4. The normalized spacial score (nSPS) is 17.6. The van der Waals surface area contributed by atoms with E-state index in [9.17, 15) is 4.79 Å². The van der Waals surface area contributed by atoms with E-state index >= 15 is 0 Å². The molecular weight excluding hydrogens is 328 g/mol. The number of carbonyl (C=O) groups excluding carboxylic acids is 1. The van der Waals surface area contributed by atoms with Gasteiger partial charge in [0.15, 0.2) is 0 Å². The van der Waals surface area contributed by atoms with Crippen molar-refractivity contribution >= 4 is 16.9 Å². The van der Waals surface area contributed by atoms with Crippen LogP contribution in [-0.4, -0.2) is 43.6 Å². The predicted octanol–water partition coefficient (Wildman–Crippen LogP) is 2.79. The van der Waals surface area contributed by atoms with E-state index in [1.807, 2.05) is 46.0 Å². The highest BCUT2D eigenvalue weighted by molar-refractivity contribution is 5.97. The van der Waals surface area contributed by atoms with Crippen LogP contribution in [0.1, 0.15) is 41.2 Å². The van der Waals surface area contributed by atoms with E-state index in [2.05, 4.69) is 9.97 Å². The Morgan fingerprint density at radius 2 is 2.19 bits per heavy atom. The van der Waals surface area contributed by atoms with Crippen LogP contribution in [0.15, 0.2) is 49.1 Å². The van der Waals surface area contributed by atoms with E-state index in [4.69, 9.17) is 5.11 Å². The van der Waals surface area contributed by atoms with Crippen LogP contribution in [0.5, 0.6) is 0 Å². The molecule has 1 atom stereocenters. The third-order valence-corrected chi connectivity index (χ3v) is 5.04. The van der Waals surface area contributed by atoms with Crippen molar-refractivity contribution in [1.82, 2.24) is 19.4 Å². The first kappa shape index (κ1) is 16.7. The number of amides is 1. The number of rotatable bonds is 4. The minimum absolute atomic E-state index is 0.0390. The Morgan fingerprint density at radius 3 is 3.00 bits per heavy atom. The largest absolute Gasteiger partial charge is 0.395 e. The fraction of sp³-hybridized carbons (Fsp3) is 0.350. The van der Waals surface area contributed by atoms with E-state index < -0.39 is 0 Å². The number of fused-ring (bicyclic) bond motifs is 1. The Balaban J connectivity index is 1.64. The Bertz CT molecular complexity index is 907. The third-order valence-electron chi connectivity index (χ3n) is 5.04. The van der Waals surface area contributed by atoms with Gasteiger partial charge in [0.25, 0.3) is 5.91 Å². The number of hydrogen-bond donors (Lipinski definition) is 1. The summed E-state index contributed by atoms with van der Waals surface area (Å²) >= 11 is 0. The van der Waals surface area contributed by atoms with Crippen molar-refractivity contribution in [3.05, 3.63) is 60.2 Å². The van der Waals surface area contributed by atoms with E-state index in [1.165, 1.54) is 0 Å². The number of likely N-dealkylation sites (tertiary alicyclic amines) is 1. The Hall–Kier alpha value is -2.73. The zero-order chi connectivity index (χ0) is 17.9. The summed E-state index contributed by atoms with van der Waals surface area (Å²) < 4.78 is 1.89. The Morgan fingerprint density at radius 1 is 1.27 bits per heavy atom. The first-order chi connectivity index (χ1) is 12.8. The quantitative estimate of drug-likeness (QED) is 0.785. The van der Waals surface area contributed by atoms with Crippen LogP contribution in [0, 0.1) is 0 Å². The summed E-state index contributed by atoms with van der Waals surface area (Å²) in [4.78, 5) is 23.7. The number of imidazole rings is 1. The maximum Gasteiger partial charge on any atom is 0.254 e. The maximum atomic E-state index is 13.2. The van der Waals surface area contributed by atoms with Crippen LogP contribution in [-0.2, 0) is 6.54 Å². The average molecular weight is 350 g/mol. The SMILES string of the molecule is O=C(c1ccc2c(c1)ncn2CCO)N1CCCC[C@H]1c1cccnc1. The predicted molar refractivity (Wildman–Crippen MR) is 98.7 cm³/mol. The summed E-state index contributed by atoms with van der Waals surface area (Å²) in [5.74, 6) is 0.0390. The number of piperidine rings is 1. The van der Waals surface area contributed by atoms with Gasteiger partial charge in [0.1, 0.15) is 0 Å². The molecule has 0 unspecified atom stereocenters. The Kier molecular flexibility index (Phi) is 4.67. The molecule has 0 saturated carbocycles. The number of nitrogens with zero attached hydrogens (tertiary/aromatic N) is 4. The smallest absolute Gasteiger partial charge is 0.254 e. The molecule has 4 rings (SSSR count). The highest BCUT2D eigenvalue weighted by Gasteiger charge is 2.29. The second-order valence-electron chi connectivity index (χ2n) is 6.66. The van der Waals surface area contributed by atoms with Gasteiger partial charge in [-0.05, 0) is 49.1 Å². The summed E-state index contributed by atoms with van der Waals surface area (Å²) in [5.41, 5.74) is 3.45. The molecule has 6 heteroatoms. The maximum absolute atomic E-state index is 13.2. The van der Waals surface area contributed by atoms with Crippen molar-refractivity contribution in [2.75, 3.05) is 13.2 Å². The third kappa shape index (κ3) is 3.08. The number of pyridine rings is 1. The van der Waals surface area contributed by atoms with Crippen LogP contribution in [0.3, 0.4) is 0 Å². The highest BCUT2D eigenvalue weighted by Crippen LogP contribution is 2.32. The second-order valence-corrected chi connectivity index (χ2v) is 6.66. The molecule has 1 aliphatic rings. The molecule has 26 heavy (non-hydrogen) atoms. The summed E-state index contributed by atoms with van der Waals surface area (Å²) in [6.07, 6.45) is 8.42. The van der Waals surface area contributed by atoms with Gasteiger partial charge in [0.2, 0.25) is 0 Å². The summed E-state index contributed by atoms with van der Waals surface area (Å²) in [6, 6.07) is 9.66. The minimum Gasteiger partial charge on any atom is -0.395 e. The van der Waals surface area contributed by atoms with Gasteiger partial charge in [-0.25, -0.2) is 4.98 Å². The molecule has 134 valence electrons. The van der Waals surface area contributed by atoms with E-state index in [1.54, 1.807) is 12.5 Å². The molecule has 1 N–H and O–H groups in total. The molecule has 0 bridgehead atoms. The van der Waals surface area contributed by atoms with Crippen molar-refractivity contribution in [3.8, 4) is 0 Å². The molecule has 6 nitrogen and oxygen atoms in total. The summed E-state index contributed by atoms with van der Waals surface area (Å²) in [7, 11) is 0. The van der Waals surface area contributed by atoms with Gasteiger partial charge in [-0.2, -0.15) is 0 Å². The minimum atomic E-state index is 0.0390. The number of benzene rings is 1. The number of aliphatic hydroxyl groups is 1. The molecule has 2 aromatic heterocycles. The molecule has 1 saturated heterocycles. The van der Waals surface area contributed by atoms with E-state index in [0.29, 0.717) is 12.1 Å². The molecule has 1 aromatic carbocycles. The number of aliphatic hydroxyl groups excluding tert-OH is 1. The second kappa shape index (κ2) is 7.25. The van der Waals surface area contributed by atoms with Crippen LogP contribution < -0.4 is 0 Å². The lowest BCUT2D eigenvalue weighted by molar-refractivity contribution is 0.0611. The first-order valence-electron chi connectivity index (χ1n) is 9.04. The molecule has 3 heterocycles. The van der Waals surface area contributed by atoms with Crippen LogP contribution in [0.4, 0.5) is 0 Å². The van der Waals surface area contributed by atoms with E-state index in [-0.39, 0.29) is 18.6 Å². The van der Waals surface area contributed by atoms with E-state index in [0.717, 1.165) is 42.4 Å². The highest BCUT2D eigenvalue weighted by atomic mass is 16.3. The van der Waals surface area contributed by atoms with Crippen LogP contribution >= 0.6 is 0 Å². The molecule has 0 spiro atoms. The average Bonchev–Trinajstić information content (AvgIpc) is 3.10.